The van der Waals surface area contributed by atoms with Crippen LogP contribution in [0.2, 0.25) is 0 Å². The van der Waals surface area contributed by atoms with E-state index in [2.05, 4.69) is 69.1 Å². The van der Waals surface area contributed by atoms with E-state index in [9.17, 15) is 0 Å². The molecule has 0 bridgehead atoms. The molecule has 1 aromatic heterocycles. The smallest absolute Gasteiger partial charge is 0.142 e. The highest BCUT2D eigenvalue weighted by atomic mass is 127. The average Bonchev–Trinajstić information content (AvgIpc) is 2.38. The molecule has 0 aliphatic rings. The molecule has 4 heteroatoms. The molecule has 3 nitrogen and oxygen atoms in total. The number of benzene rings is 1. The Morgan fingerprint density at radius 2 is 2.06 bits per heavy atom. The highest BCUT2D eigenvalue weighted by molar-refractivity contribution is 14.1. The largest absolute Gasteiger partial charge is 0.368 e. The Balaban J connectivity index is 1.97. The number of nitrogens with zero attached hydrogens (tertiary/aromatic N) is 2. The van der Waals surface area contributed by atoms with Crippen LogP contribution in [0.3, 0.4) is 0 Å². The van der Waals surface area contributed by atoms with Crippen molar-refractivity contribution < 1.29 is 0 Å². The standard InChI is InChI=1S/C13H14IN3/c1-10(11-5-3-2-4-6-11)7-16-13-12(14)8-15-9-17-13/h2-6,8-10H,7H2,1H3,(H,15,16,17). The van der Waals surface area contributed by atoms with Gasteiger partial charge in [-0.2, -0.15) is 0 Å². The summed E-state index contributed by atoms with van der Waals surface area (Å²) in [4.78, 5) is 8.19. The molecular weight excluding hydrogens is 325 g/mol. The van der Waals surface area contributed by atoms with Gasteiger partial charge in [-0.05, 0) is 34.1 Å². The van der Waals surface area contributed by atoms with E-state index >= 15 is 0 Å². The molecule has 2 aromatic rings. The summed E-state index contributed by atoms with van der Waals surface area (Å²) in [5.41, 5.74) is 1.34. The fourth-order valence-electron chi connectivity index (χ4n) is 1.59. The lowest BCUT2D eigenvalue weighted by molar-refractivity contribution is 0.800. The molecule has 1 heterocycles. The van der Waals surface area contributed by atoms with Crippen LogP contribution in [0.5, 0.6) is 0 Å². The predicted molar refractivity (Wildman–Crippen MR) is 78.1 cm³/mol. The summed E-state index contributed by atoms with van der Waals surface area (Å²) < 4.78 is 1.05. The number of aromatic nitrogens is 2. The van der Waals surface area contributed by atoms with E-state index < -0.39 is 0 Å². The third kappa shape index (κ3) is 3.39. The van der Waals surface area contributed by atoms with Crippen LogP contribution in [0.4, 0.5) is 5.82 Å². The van der Waals surface area contributed by atoms with Gasteiger partial charge < -0.3 is 5.32 Å². The SMILES string of the molecule is CC(CNc1ncncc1I)c1ccccc1. The zero-order valence-corrected chi connectivity index (χ0v) is 11.8. The second-order valence-electron chi connectivity index (χ2n) is 3.91. The summed E-state index contributed by atoms with van der Waals surface area (Å²) >= 11 is 2.23. The molecule has 17 heavy (non-hydrogen) atoms. The fourth-order valence-corrected chi connectivity index (χ4v) is 2.08. The second-order valence-corrected chi connectivity index (χ2v) is 5.07. The molecule has 0 radical (unpaired) electrons. The summed E-state index contributed by atoms with van der Waals surface area (Å²) in [6.45, 7) is 3.08. The predicted octanol–water partition coefficient (Wildman–Crippen LogP) is 3.30. The van der Waals surface area contributed by atoms with Crippen molar-refractivity contribution in [1.82, 2.24) is 9.97 Å². The maximum Gasteiger partial charge on any atom is 0.142 e. The van der Waals surface area contributed by atoms with Crippen molar-refractivity contribution >= 4 is 28.4 Å². The minimum atomic E-state index is 0.460. The Morgan fingerprint density at radius 3 is 2.76 bits per heavy atom. The van der Waals surface area contributed by atoms with Gasteiger partial charge in [0, 0.05) is 12.7 Å². The number of anilines is 1. The van der Waals surface area contributed by atoms with E-state index in [0.29, 0.717) is 5.92 Å². The first kappa shape index (κ1) is 12.3. The topological polar surface area (TPSA) is 37.8 Å². The van der Waals surface area contributed by atoms with Gasteiger partial charge in [0.15, 0.2) is 0 Å². The molecule has 0 aliphatic carbocycles. The molecule has 1 N–H and O–H groups in total. The Labute approximate surface area is 115 Å². The second kappa shape index (κ2) is 5.95. The molecule has 0 amide bonds. The van der Waals surface area contributed by atoms with Crippen LogP contribution in [0, 0.1) is 3.57 Å². The highest BCUT2D eigenvalue weighted by Crippen LogP contribution is 2.17. The van der Waals surface area contributed by atoms with Gasteiger partial charge in [-0.1, -0.05) is 37.3 Å². The van der Waals surface area contributed by atoms with E-state index in [1.165, 1.54) is 5.56 Å². The molecule has 1 atom stereocenters. The summed E-state index contributed by atoms with van der Waals surface area (Å²) in [7, 11) is 0. The molecule has 0 fully saturated rings. The molecule has 0 aliphatic heterocycles. The molecule has 0 saturated heterocycles. The monoisotopic (exact) mass is 339 g/mol. The summed E-state index contributed by atoms with van der Waals surface area (Å²) in [5, 5.41) is 3.35. The summed E-state index contributed by atoms with van der Waals surface area (Å²) in [5.74, 6) is 1.37. The van der Waals surface area contributed by atoms with E-state index in [-0.39, 0.29) is 0 Å². The fraction of sp³-hybridized carbons (Fsp3) is 0.231. The summed E-state index contributed by atoms with van der Waals surface area (Å²) in [6, 6.07) is 10.5. The van der Waals surface area contributed by atoms with Crippen LogP contribution in [0.25, 0.3) is 0 Å². The Hall–Kier alpha value is -1.17. The number of halogens is 1. The van der Waals surface area contributed by atoms with Gasteiger partial charge in [0.05, 0.1) is 3.57 Å². The van der Waals surface area contributed by atoms with Gasteiger partial charge in [0.2, 0.25) is 0 Å². The molecular formula is C13H14IN3. The van der Waals surface area contributed by atoms with Gasteiger partial charge in [-0.3, -0.25) is 0 Å². The number of rotatable bonds is 4. The van der Waals surface area contributed by atoms with Crippen LogP contribution < -0.4 is 5.32 Å². The van der Waals surface area contributed by atoms with Crippen molar-refractivity contribution in [2.24, 2.45) is 0 Å². The van der Waals surface area contributed by atoms with Crippen LogP contribution >= 0.6 is 22.6 Å². The Kier molecular flexibility index (Phi) is 4.30. The Morgan fingerprint density at radius 1 is 1.29 bits per heavy atom. The van der Waals surface area contributed by atoms with E-state index in [4.69, 9.17) is 0 Å². The molecule has 0 spiro atoms. The lowest BCUT2D eigenvalue weighted by atomic mass is 10.0. The maximum absolute atomic E-state index is 4.21. The molecule has 1 unspecified atom stereocenters. The van der Waals surface area contributed by atoms with Crippen molar-refractivity contribution in [3.63, 3.8) is 0 Å². The zero-order chi connectivity index (χ0) is 12.1. The first-order valence-electron chi connectivity index (χ1n) is 5.51. The molecule has 1 aromatic carbocycles. The third-order valence-corrected chi connectivity index (χ3v) is 3.40. The molecule has 2 rings (SSSR count). The van der Waals surface area contributed by atoms with Crippen LogP contribution in [-0.2, 0) is 0 Å². The molecule has 88 valence electrons. The Bertz CT molecular complexity index is 473. The lowest BCUT2D eigenvalue weighted by Gasteiger charge is -2.13. The highest BCUT2D eigenvalue weighted by Gasteiger charge is 2.06. The average molecular weight is 339 g/mol. The van der Waals surface area contributed by atoms with Crippen LogP contribution in [0.1, 0.15) is 18.4 Å². The third-order valence-electron chi connectivity index (χ3n) is 2.61. The summed E-state index contributed by atoms with van der Waals surface area (Å²) in [6.07, 6.45) is 3.38. The first-order valence-corrected chi connectivity index (χ1v) is 6.59. The first-order chi connectivity index (χ1) is 8.27. The van der Waals surface area contributed by atoms with Gasteiger partial charge in [-0.25, -0.2) is 9.97 Å². The molecule has 0 saturated carbocycles. The van der Waals surface area contributed by atoms with Gasteiger partial charge in [-0.15, -0.1) is 0 Å². The van der Waals surface area contributed by atoms with Gasteiger partial charge >= 0.3 is 0 Å². The zero-order valence-electron chi connectivity index (χ0n) is 9.60. The quantitative estimate of drug-likeness (QED) is 0.869. The number of hydrogen-bond acceptors (Lipinski definition) is 3. The lowest BCUT2D eigenvalue weighted by Crippen LogP contribution is -2.11. The number of nitrogens with one attached hydrogen (secondary N) is 1. The van der Waals surface area contributed by atoms with Crippen molar-refractivity contribution in [2.45, 2.75) is 12.8 Å². The normalized spacial score (nSPS) is 12.1. The van der Waals surface area contributed by atoms with E-state index in [1.807, 2.05) is 12.3 Å². The van der Waals surface area contributed by atoms with Gasteiger partial charge in [0.25, 0.3) is 0 Å². The van der Waals surface area contributed by atoms with Gasteiger partial charge in [0.1, 0.15) is 12.1 Å². The van der Waals surface area contributed by atoms with E-state index in [1.54, 1.807) is 6.33 Å². The van der Waals surface area contributed by atoms with Crippen molar-refractivity contribution in [2.75, 3.05) is 11.9 Å². The van der Waals surface area contributed by atoms with E-state index in [0.717, 1.165) is 15.9 Å². The minimum Gasteiger partial charge on any atom is -0.368 e. The van der Waals surface area contributed by atoms with Crippen molar-refractivity contribution in [1.29, 1.82) is 0 Å². The van der Waals surface area contributed by atoms with Crippen LogP contribution in [-0.4, -0.2) is 16.5 Å². The maximum atomic E-state index is 4.21. The van der Waals surface area contributed by atoms with Crippen LogP contribution in [0.15, 0.2) is 42.9 Å². The van der Waals surface area contributed by atoms with Crippen molar-refractivity contribution in [3.05, 3.63) is 52.0 Å². The number of hydrogen-bond donors (Lipinski definition) is 1. The van der Waals surface area contributed by atoms with Crippen molar-refractivity contribution in [3.8, 4) is 0 Å². The minimum absolute atomic E-state index is 0.460.